The monoisotopic (exact) mass is 493 g/mol. The third-order valence-electron chi connectivity index (χ3n) is 6.42. The number of hydrogen-bond donors (Lipinski definition) is 2. The lowest BCUT2D eigenvalue weighted by Crippen LogP contribution is -2.48. The van der Waals surface area contributed by atoms with E-state index in [1.807, 2.05) is 4.90 Å². The summed E-state index contributed by atoms with van der Waals surface area (Å²) in [6.07, 6.45) is 2.57. The molecule has 2 saturated heterocycles. The smallest absolute Gasteiger partial charge is 0.258 e. The van der Waals surface area contributed by atoms with Gasteiger partial charge in [0.15, 0.2) is 0 Å². The van der Waals surface area contributed by atoms with Crippen LogP contribution in [0, 0.1) is 11.6 Å². The second-order valence-corrected chi connectivity index (χ2v) is 9.27. The Kier molecular flexibility index (Phi) is 5.03. The zero-order chi connectivity index (χ0) is 24.3. The Bertz CT molecular complexity index is 1540. The van der Waals surface area contributed by atoms with Gasteiger partial charge in [0.05, 0.1) is 16.8 Å². The Balaban J connectivity index is 1.35. The highest BCUT2D eigenvalue weighted by molar-refractivity contribution is 6.31. The van der Waals surface area contributed by atoms with E-state index in [9.17, 15) is 18.4 Å². The van der Waals surface area contributed by atoms with Crippen LogP contribution in [-0.2, 0) is 11.2 Å². The van der Waals surface area contributed by atoms with Crippen molar-refractivity contribution in [3.8, 4) is 11.3 Å². The second-order valence-electron chi connectivity index (χ2n) is 8.83. The average Bonchev–Trinajstić information content (AvgIpc) is 3.39. The number of pyridine rings is 1. The van der Waals surface area contributed by atoms with Crippen LogP contribution in [0.2, 0.25) is 5.02 Å². The summed E-state index contributed by atoms with van der Waals surface area (Å²) in [6, 6.07) is 9.73. The number of anilines is 1. The number of piperazine rings is 1. The Morgan fingerprint density at radius 3 is 2.57 bits per heavy atom. The number of rotatable bonds is 4. The summed E-state index contributed by atoms with van der Waals surface area (Å²) in [4.78, 5) is 38.9. The fraction of sp³-hybridized carbons (Fsp3) is 0.200. The van der Waals surface area contributed by atoms with Gasteiger partial charge in [-0.3, -0.25) is 14.6 Å². The molecule has 0 radical (unpaired) electrons. The van der Waals surface area contributed by atoms with Crippen LogP contribution in [0.5, 0.6) is 0 Å². The maximum atomic E-state index is 13.5. The molecule has 2 aromatic carbocycles. The Hall–Kier alpha value is -3.85. The van der Waals surface area contributed by atoms with Crippen molar-refractivity contribution in [1.29, 1.82) is 0 Å². The third-order valence-corrected chi connectivity index (χ3v) is 6.64. The molecule has 2 aliphatic heterocycles. The predicted octanol–water partition coefficient (Wildman–Crippen LogP) is 3.58. The Morgan fingerprint density at radius 2 is 1.89 bits per heavy atom. The quantitative estimate of drug-likeness (QED) is 0.453. The number of H-pyrrole nitrogens is 1. The van der Waals surface area contributed by atoms with Crippen LogP contribution in [0.3, 0.4) is 0 Å². The number of nitrogens with one attached hydrogen (secondary N) is 2. The van der Waals surface area contributed by atoms with Gasteiger partial charge in [0.2, 0.25) is 5.91 Å². The van der Waals surface area contributed by atoms with Crippen LogP contribution in [0.15, 0.2) is 53.5 Å². The molecule has 35 heavy (non-hydrogen) atoms. The maximum Gasteiger partial charge on any atom is 0.258 e. The van der Waals surface area contributed by atoms with E-state index in [2.05, 4.69) is 15.3 Å². The molecule has 2 unspecified atom stereocenters. The van der Waals surface area contributed by atoms with Crippen LogP contribution in [0.25, 0.3) is 22.2 Å². The first-order chi connectivity index (χ1) is 16.8. The van der Waals surface area contributed by atoms with Crippen molar-refractivity contribution < 1.29 is 13.6 Å². The molecule has 1 amide bonds. The Morgan fingerprint density at radius 1 is 1.09 bits per heavy atom. The fourth-order valence-electron chi connectivity index (χ4n) is 4.89. The summed E-state index contributed by atoms with van der Waals surface area (Å²) >= 11 is 6.30. The largest absolute Gasteiger partial charge is 0.356 e. The van der Waals surface area contributed by atoms with E-state index in [0.717, 1.165) is 11.6 Å². The van der Waals surface area contributed by atoms with Gasteiger partial charge in [0, 0.05) is 41.9 Å². The van der Waals surface area contributed by atoms with Crippen molar-refractivity contribution in [3.05, 3.63) is 87.1 Å². The molecule has 6 rings (SSSR count). The lowest BCUT2D eigenvalue weighted by molar-refractivity contribution is -0.121. The molecule has 4 heterocycles. The highest BCUT2D eigenvalue weighted by Crippen LogP contribution is 2.35. The molecule has 0 aliphatic carbocycles. The van der Waals surface area contributed by atoms with Crippen LogP contribution in [0.4, 0.5) is 14.5 Å². The number of carbonyl (C=O) groups is 1. The van der Waals surface area contributed by atoms with Crippen molar-refractivity contribution in [2.75, 3.05) is 11.4 Å². The number of carbonyl (C=O) groups excluding carboxylic acids is 1. The molecule has 0 saturated carbocycles. The normalized spacial score (nSPS) is 18.9. The summed E-state index contributed by atoms with van der Waals surface area (Å²) in [6.45, 7) is 0.627. The van der Waals surface area contributed by atoms with Gasteiger partial charge in [-0.15, -0.1) is 0 Å². The summed E-state index contributed by atoms with van der Waals surface area (Å²) < 4.78 is 27.1. The molecular formula is C25H18ClF2N5O2. The molecule has 4 aromatic rings. The molecule has 0 spiro atoms. The molecule has 2 fully saturated rings. The van der Waals surface area contributed by atoms with Crippen LogP contribution in [0.1, 0.15) is 17.8 Å². The van der Waals surface area contributed by atoms with Crippen LogP contribution < -0.4 is 15.8 Å². The average molecular weight is 494 g/mol. The zero-order valence-electron chi connectivity index (χ0n) is 18.2. The number of hydrogen-bond acceptors (Lipinski definition) is 5. The summed E-state index contributed by atoms with van der Waals surface area (Å²) in [5.74, 6) is -0.970. The molecular weight excluding hydrogens is 476 g/mol. The SMILES string of the molecule is O=C1NC2CC1N(c1cc(Cl)cc3c(=O)[nH]c(Cc4ccc(-c5cc(F)cc(F)c5)nc4)nc13)C2. The molecule has 176 valence electrons. The summed E-state index contributed by atoms with van der Waals surface area (Å²) in [5, 5.41) is 3.68. The van der Waals surface area contributed by atoms with E-state index in [1.54, 1.807) is 30.5 Å². The standard InChI is InChI=1S/C25H18ClF2N5O2/c26-14-6-18-23(20(7-14)33-11-17-9-21(33)25(35)30-17)31-22(32-24(18)34)3-12-1-2-19(29-10-12)13-4-15(27)8-16(28)5-13/h1-2,4-8,10,17,21H,3,9,11H2,(H,30,35)(H,31,32,34). The van der Waals surface area contributed by atoms with Gasteiger partial charge in [0.25, 0.3) is 5.56 Å². The number of nitrogens with zero attached hydrogens (tertiary/aromatic N) is 3. The topological polar surface area (TPSA) is 91.0 Å². The van der Waals surface area contributed by atoms with Gasteiger partial charge in [-0.1, -0.05) is 17.7 Å². The maximum absolute atomic E-state index is 13.5. The number of halogens is 3. The molecule has 2 bridgehead atoms. The first-order valence-electron chi connectivity index (χ1n) is 11.0. The molecule has 2 N–H and O–H groups in total. The number of amides is 1. The van der Waals surface area contributed by atoms with Gasteiger partial charge >= 0.3 is 0 Å². The van der Waals surface area contributed by atoms with E-state index in [-0.39, 0.29) is 30.0 Å². The lowest BCUT2D eigenvalue weighted by Gasteiger charge is -2.29. The molecule has 7 nitrogen and oxygen atoms in total. The van der Waals surface area contributed by atoms with E-state index in [1.165, 1.54) is 12.1 Å². The van der Waals surface area contributed by atoms with Crippen molar-refractivity contribution in [1.82, 2.24) is 20.3 Å². The third kappa shape index (κ3) is 3.91. The predicted molar refractivity (Wildman–Crippen MR) is 127 cm³/mol. The number of benzene rings is 2. The number of aromatic amines is 1. The summed E-state index contributed by atoms with van der Waals surface area (Å²) in [5.41, 5.74) is 2.31. The van der Waals surface area contributed by atoms with Gasteiger partial charge < -0.3 is 15.2 Å². The van der Waals surface area contributed by atoms with Crippen LogP contribution >= 0.6 is 11.6 Å². The van der Waals surface area contributed by atoms with Crippen LogP contribution in [-0.4, -0.2) is 39.5 Å². The van der Waals surface area contributed by atoms with Crippen molar-refractivity contribution in [2.45, 2.75) is 24.9 Å². The number of fused-ring (bicyclic) bond motifs is 3. The van der Waals surface area contributed by atoms with E-state index < -0.39 is 11.6 Å². The van der Waals surface area contributed by atoms with E-state index >= 15 is 0 Å². The van der Waals surface area contributed by atoms with Gasteiger partial charge in [-0.25, -0.2) is 13.8 Å². The minimum absolute atomic E-state index is 0.0382. The zero-order valence-corrected chi connectivity index (χ0v) is 18.9. The lowest BCUT2D eigenvalue weighted by atomic mass is 10.1. The first kappa shape index (κ1) is 21.7. The molecule has 2 atom stereocenters. The molecule has 2 aromatic heterocycles. The minimum Gasteiger partial charge on any atom is -0.356 e. The van der Waals surface area contributed by atoms with Crippen molar-refractivity contribution in [2.24, 2.45) is 0 Å². The van der Waals surface area contributed by atoms with Crippen molar-refractivity contribution >= 4 is 34.1 Å². The first-order valence-corrected chi connectivity index (χ1v) is 11.4. The van der Waals surface area contributed by atoms with E-state index in [4.69, 9.17) is 16.6 Å². The molecule has 2 aliphatic rings. The van der Waals surface area contributed by atoms with E-state index in [0.29, 0.717) is 51.7 Å². The van der Waals surface area contributed by atoms with Gasteiger partial charge in [-0.2, -0.15) is 0 Å². The number of aromatic nitrogens is 3. The summed E-state index contributed by atoms with van der Waals surface area (Å²) in [7, 11) is 0. The minimum atomic E-state index is -0.677. The second kappa shape index (κ2) is 8.13. The van der Waals surface area contributed by atoms with Gasteiger partial charge in [-0.05, 0) is 42.3 Å². The van der Waals surface area contributed by atoms with Gasteiger partial charge in [0.1, 0.15) is 29.0 Å². The molecule has 10 heteroatoms. The highest BCUT2D eigenvalue weighted by atomic mass is 35.5. The highest BCUT2D eigenvalue weighted by Gasteiger charge is 2.44. The Labute approximate surface area is 202 Å². The fourth-order valence-corrected chi connectivity index (χ4v) is 5.10. The van der Waals surface area contributed by atoms with Crippen molar-refractivity contribution in [3.63, 3.8) is 0 Å².